The number of aromatic nitrogens is 1. The van der Waals surface area contributed by atoms with Crippen LogP contribution in [0.2, 0.25) is 0 Å². The summed E-state index contributed by atoms with van der Waals surface area (Å²) >= 11 is 6.70. The van der Waals surface area contributed by atoms with Gasteiger partial charge in [-0.2, -0.15) is 0 Å². The van der Waals surface area contributed by atoms with Gasteiger partial charge in [0.1, 0.15) is 4.60 Å². The van der Waals surface area contributed by atoms with Crippen molar-refractivity contribution in [2.45, 2.75) is 0 Å². The first-order chi connectivity index (χ1) is 8.20. The molecule has 0 unspecified atom stereocenters. The Balaban J connectivity index is 2.31. The van der Waals surface area contributed by atoms with Crippen LogP contribution in [0.25, 0.3) is 0 Å². The molecule has 5 heteroatoms. The molecule has 0 N–H and O–H groups in total. The number of hydrogen-bond donors (Lipinski definition) is 0. The molecule has 17 heavy (non-hydrogen) atoms. The summed E-state index contributed by atoms with van der Waals surface area (Å²) in [4.78, 5) is 4.11. The maximum Gasteiger partial charge on any atom is 0.169 e. The Morgan fingerprint density at radius 3 is 2.41 bits per heavy atom. The van der Waals surface area contributed by atoms with E-state index in [-0.39, 0.29) is 0 Å². The normalized spacial score (nSPS) is 10.1. The van der Waals surface area contributed by atoms with Crippen molar-refractivity contribution in [1.82, 2.24) is 4.98 Å². The van der Waals surface area contributed by atoms with Gasteiger partial charge in [-0.15, -0.1) is 0 Å². The lowest BCUT2D eigenvalue weighted by atomic mass is 10.3. The van der Waals surface area contributed by atoms with Crippen LogP contribution in [0.15, 0.2) is 45.6 Å². The molecule has 0 aliphatic rings. The fourth-order valence-corrected chi connectivity index (χ4v) is 2.33. The van der Waals surface area contributed by atoms with E-state index in [4.69, 9.17) is 9.47 Å². The van der Waals surface area contributed by atoms with Crippen LogP contribution < -0.4 is 9.47 Å². The molecular formula is C12H9Br2NO2. The number of benzene rings is 1. The topological polar surface area (TPSA) is 31.4 Å². The average molecular weight is 359 g/mol. The first-order valence-corrected chi connectivity index (χ1v) is 6.41. The highest BCUT2D eigenvalue weighted by atomic mass is 79.9. The summed E-state index contributed by atoms with van der Waals surface area (Å²) < 4.78 is 12.5. The fourth-order valence-electron chi connectivity index (χ4n) is 1.29. The van der Waals surface area contributed by atoms with Crippen LogP contribution in [-0.2, 0) is 0 Å². The highest BCUT2D eigenvalue weighted by Crippen LogP contribution is 2.35. The third kappa shape index (κ3) is 2.98. The second kappa shape index (κ2) is 5.51. The number of methoxy groups -OCH3 is 1. The molecule has 2 aromatic rings. The monoisotopic (exact) mass is 357 g/mol. The average Bonchev–Trinajstić information content (AvgIpc) is 2.33. The van der Waals surface area contributed by atoms with Gasteiger partial charge in [-0.05, 0) is 50.1 Å². The number of ether oxygens (including phenoxy) is 2. The first-order valence-electron chi connectivity index (χ1n) is 4.82. The highest BCUT2D eigenvalue weighted by Gasteiger charge is 2.08. The number of nitrogens with zero attached hydrogens (tertiary/aromatic N) is 1. The molecule has 0 fully saturated rings. The van der Waals surface area contributed by atoms with Crippen molar-refractivity contribution in [3.8, 4) is 17.2 Å². The van der Waals surface area contributed by atoms with Gasteiger partial charge in [0.05, 0.1) is 17.8 Å². The van der Waals surface area contributed by atoms with Gasteiger partial charge in [0.2, 0.25) is 0 Å². The zero-order valence-electron chi connectivity index (χ0n) is 8.98. The first kappa shape index (κ1) is 12.4. The predicted octanol–water partition coefficient (Wildman–Crippen LogP) is 4.41. The summed E-state index contributed by atoms with van der Waals surface area (Å²) in [7, 11) is 1.61. The van der Waals surface area contributed by atoms with Gasteiger partial charge in [0.15, 0.2) is 17.2 Å². The van der Waals surface area contributed by atoms with Crippen LogP contribution in [0.1, 0.15) is 0 Å². The van der Waals surface area contributed by atoms with Crippen LogP contribution >= 0.6 is 31.9 Å². The van der Waals surface area contributed by atoms with E-state index in [9.17, 15) is 0 Å². The molecule has 0 radical (unpaired) electrons. The van der Waals surface area contributed by atoms with Gasteiger partial charge < -0.3 is 9.47 Å². The molecular weight excluding hydrogens is 350 g/mol. The van der Waals surface area contributed by atoms with Crippen molar-refractivity contribution < 1.29 is 9.47 Å². The van der Waals surface area contributed by atoms with Gasteiger partial charge in [0, 0.05) is 0 Å². The molecule has 0 atom stereocenters. The van der Waals surface area contributed by atoms with Crippen LogP contribution in [0.4, 0.5) is 0 Å². The third-order valence-electron chi connectivity index (χ3n) is 2.08. The van der Waals surface area contributed by atoms with Crippen molar-refractivity contribution in [3.05, 3.63) is 45.6 Å². The Morgan fingerprint density at radius 2 is 1.76 bits per heavy atom. The molecule has 2 rings (SSSR count). The van der Waals surface area contributed by atoms with E-state index in [0.717, 1.165) is 9.08 Å². The van der Waals surface area contributed by atoms with Gasteiger partial charge >= 0.3 is 0 Å². The fraction of sp³-hybridized carbons (Fsp3) is 0.0833. The van der Waals surface area contributed by atoms with E-state index in [1.54, 1.807) is 13.3 Å². The molecule has 0 amide bonds. The van der Waals surface area contributed by atoms with Crippen molar-refractivity contribution in [2.24, 2.45) is 0 Å². The molecule has 1 heterocycles. The van der Waals surface area contributed by atoms with Crippen LogP contribution in [-0.4, -0.2) is 12.1 Å². The van der Waals surface area contributed by atoms with E-state index < -0.39 is 0 Å². The van der Waals surface area contributed by atoms with E-state index >= 15 is 0 Å². The van der Waals surface area contributed by atoms with Crippen molar-refractivity contribution in [2.75, 3.05) is 7.11 Å². The summed E-state index contributed by atoms with van der Waals surface area (Å²) in [5.41, 5.74) is 0. The molecule has 0 spiro atoms. The largest absolute Gasteiger partial charge is 0.493 e. The molecule has 1 aromatic heterocycles. The minimum absolute atomic E-state index is 0.637. The third-order valence-corrected chi connectivity index (χ3v) is 3.13. The highest BCUT2D eigenvalue weighted by molar-refractivity contribution is 9.11. The summed E-state index contributed by atoms with van der Waals surface area (Å²) in [6, 6.07) is 9.28. The Kier molecular flexibility index (Phi) is 4.02. The van der Waals surface area contributed by atoms with Crippen molar-refractivity contribution >= 4 is 31.9 Å². The van der Waals surface area contributed by atoms with E-state index in [0.29, 0.717) is 17.2 Å². The quantitative estimate of drug-likeness (QED) is 0.761. The Morgan fingerprint density at radius 1 is 1.06 bits per heavy atom. The molecule has 1 aromatic carbocycles. The molecule has 0 saturated carbocycles. The second-order valence-electron chi connectivity index (χ2n) is 3.19. The number of pyridine rings is 1. The van der Waals surface area contributed by atoms with E-state index in [2.05, 4.69) is 36.8 Å². The Hall–Kier alpha value is -1.07. The maximum absolute atomic E-state index is 5.73. The minimum Gasteiger partial charge on any atom is -0.493 e. The molecule has 0 saturated heterocycles. The lowest BCUT2D eigenvalue weighted by Gasteiger charge is -2.10. The Labute approximate surface area is 116 Å². The van der Waals surface area contributed by atoms with Crippen LogP contribution in [0.3, 0.4) is 0 Å². The summed E-state index contributed by atoms with van der Waals surface area (Å²) in [6.45, 7) is 0. The van der Waals surface area contributed by atoms with Crippen molar-refractivity contribution in [1.29, 1.82) is 0 Å². The van der Waals surface area contributed by atoms with Gasteiger partial charge in [-0.25, -0.2) is 4.98 Å². The SMILES string of the molecule is COc1ccccc1Oc1cnc(Br)cc1Br. The summed E-state index contributed by atoms with van der Waals surface area (Å²) in [5.74, 6) is 1.97. The zero-order valence-corrected chi connectivity index (χ0v) is 12.2. The Bertz CT molecular complexity index is 532. The summed E-state index contributed by atoms with van der Waals surface area (Å²) in [5, 5.41) is 0. The molecule has 88 valence electrons. The molecule has 0 aliphatic heterocycles. The summed E-state index contributed by atoms with van der Waals surface area (Å²) in [6.07, 6.45) is 1.64. The van der Waals surface area contributed by atoms with E-state index in [1.807, 2.05) is 30.3 Å². The number of rotatable bonds is 3. The van der Waals surface area contributed by atoms with Crippen molar-refractivity contribution in [3.63, 3.8) is 0 Å². The molecule has 0 aliphatic carbocycles. The van der Waals surface area contributed by atoms with Gasteiger partial charge in [0.25, 0.3) is 0 Å². The second-order valence-corrected chi connectivity index (χ2v) is 4.86. The zero-order chi connectivity index (χ0) is 12.3. The van der Waals surface area contributed by atoms with Crippen LogP contribution in [0, 0.1) is 0 Å². The lowest BCUT2D eigenvalue weighted by molar-refractivity contribution is 0.377. The molecule has 3 nitrogen and oxygen atoms in total. The van der Waals surface area contributed by atoms with E-state index in [1.165, 1.54) is 0 Å². The number of hydrogen-bond acceptors (Lipinski definition) is 3. The lowest BCUT2D eigenvalue weighted by Crippen LogP contribution is -1.91. The maximum atomic E-state index is 5.73. The van der Waals surface area contributed by atoms with Gasteiger partial charge in [-0.3, -0.25) is 0 Å². The molecule has 0 bridgehead atoms. The number of halogens is 2. The minimum atomic E-state index is 0.637. The van der Waals surface area contributed by atoms with Crippen LogP contribution in [0.5, 0.6) is 17.2 Å². The predicted molar refractivity (Wildman–Crippen MR) is 72.7 cm³/mol. The smallest absolute Gasteiger partial charge is 0.169 e. The standard InChI is InChI=1S/C12H9Br2NO2/c1-16-9-4-2-3-5-10(9)17-11-7-15-12(14)6-8(11)13/h2-7H,1H3. The number of para-hydroxylation sites is 2. The van der Waals surface area contributed by atoms with Gasteiger partial charge in [-0.1, -0.05) is 12.1 Å².